The lowest BCUT2D eigenvalue weighted by Crippen LogP contribution is -1.75. The summed E-state index contributed by atoms with van der Waals surface area (Å²) < 4.78 is 0. The minimum Gasteiger partial charge on any atom is -0.293 e. The maximum Gasteiger partial charge on any atom is 0.0386 e. The number of allylic oxidation sites excluding steroid dienone is 3. The largest absolute Gasteiger partial charge is 0.293 e. The molecule has 0 rings (SSSR count). The van der Waals surface area contributed by atoms with Gasteiger partial charge in [0.1, 0.15) is 0 Å². The van der Waals surface area contributed by atoms with Crippen molar-refractivity contribution in [1.29, 1.82) is 0 Å². The van der Waals surface area contributed by atoms with Crippen LogP contribution < -0.4 is 0 Å². The molecule has 0 amide bonds. The Bertz CT molecular complexity index is 143. The second kappa shape index (κ2) is 6.27. The first kappa shape index (κ1) is 9.15. The molecule has 10 heavy (non-hydrogen) atoms. The Kier molecular flexibility index (Phi) is 5.74. The van der Waals surface area contributed by atoms with Crippen molar-refractivity contribution in [2.75, 3.05) is 6.54 Å². The van der Waals surface area contributed by atoms with Crippen LogP contribution in [0.5, 0.6) is 0 Å². The van der Waals surface area contributed by atoms with Gasteiger partial charge in [-0.25, -0.2) is 0 Å². The lowest BCUT2D eigenvalue weighted by atomic mass is 10.3. The first-order valence-corrected chi connectivity index (χ1v) is 3.60. The molecule has 0 aliphatic heterocycles. The fourth-order valence-corrected chi connectivity index (χ4v) is 0.442. The maximum atomic E-state index is 4.13. The quantitative estimate of drug-likeness (QED) is 0.417. The van der Waals surface area contributed by atoms with Crippen LogP contribution in [0.25, 0.3) is 0 Å². The van der Waals surface area contributed by atoms with Crippen molar-refractivity contribution >= 4 is 6.21 Å². The Morgan fingerprint density at radius 1 is 1.60 bits per heavy atom. The molecule has 0 radical (unpaired) electrons. The van der Waals surface area contributed by atoms with E-state index in [1.54, 1.807) is 0 Å². The van der Waals surface area contributed by atoms with E-state index in [4.69, 9.17) is 0 Å². The summed E-state index contributed by atoms with van der Waals surface area (Å²) >= 11 is 0. The molecule has 0 fully saturated rings. The SMILES string of the molecule is C=C/C(C)=C\C=NCCC. The van der Waals surface area contributed by atoms with E-state index in [0.29, 0.717) is 0 Å². The number of aliphatic imine (C=N–C) groups is 1. The van der Waals surface area contributed by atoms with Gasteiger partial charge in [0.05, 0.1) is 0 Å². The zero-order chi connectivity index (χ0) is 7.82. The molecule has 0 aliphatic carbocycles. The smallest absolute Gasteiger partial charge is 0.0386 e. The van der Waals surface area contributed by atoms with Crippen LogP contribution >= 0.6 is 0 Å². The van der Waals surface area contributed by atoms with E-state index in [1.807, 2.05) is 25.3 Å². The molecule has 1 heteroatoms. The molecular formula is C9H15N. The van der Waals surface area contributed by atoms with Gasteiger partial charge in [0.15, 0.2) is 0 Å². The fraction of sp³-hybridized carbons (Fsp3) is 0.444. The van der Waals surface area contributed by atoms with Crippen LogP contribution in [0.2, 0.25) is 0 Å². The van der Waals surface area contributed by atoms with Crippen LogP contribution in [0.4, 0.5) is 0 Å². The molecule has 0 saturated carbocycles. The third-order valence-electron chi connectivity index (χ3n) is 1.12. The predicted octanol–water partition coefficient (Wildman–Crippen LogP) is 2.60. The van der Waals surface area contributed by atoms with E-state index in [-0.39, 0.29) is 0 Å². The molecule has 0 saturated heterocycles. The molecule has 56 valence electrons. The molecule has 0 spiro atoms. The third kappa shape index (κ3) is 5.29. The Balaban J connectivity index is 3.59. The highest BCUT2D eigenvalue weighted by Gasteiger charge is 1.74. The molecule has 0 aromatic heterocycles. The molecule has 0 atom stereocenters. The number of hydrogen-bond acceptors (Lipinski definition) is 1. The topological polar surface area (TPSA) is 12.4 Å². The van der Waals surface area contributed by atoms with Gasteiger partial charge >= 0.3 is 0 Å². The van der Waals surface area contributed by atoms with E-state index in [9.17, 15) is 0 Å². The van der Waals surface area contributed by atoms with Gasteiger partial charge in [-0.3, -0.25) is 4.99 Å². The minimum atomic E-state index is 0.918. The highest BCUT2D eigenvalue weighted by molar-refractivity contribution is 5.72. The molecule has 0 heterocycles. The van der Waals surface area contributed by atoms with Crippen molar-refractivity contribution in [3.05, 3.63) is 24.3 Å². The summed E-state index contributed by atoms with van der Waals surface area (Å²) in [6.07, 6.45) is 6.72. The molecule has 0 aromatic carbocycles. The van der Waals surface area contributed by atoms with E-state index in [1.165, 1.54) is 0 Å². The van der Waals surface area contributed by atoms with Gasteiger partial charge in [-0.15, -0.1) is 0 Å². The minimum absolute atomic E-state index is 0.918. The van der Waals surface area contributed by atoms with Gasteiger partial charge < -0.3 is 0 Å². The standard InChI is InChI=1S/C9H15N/c1-4-7-10-8-6-9(3)5-2/h5-6,8H,2,4,7H2,1,3H3/b9-6-,10-8?. The predicted molar refractivity (Wildman–Crippen MR) is 47.6 cm³/mol. The molecule has 0 aromatic rings. The highest BCUT2D eigenvalue weighted by atomic mass is 14.7. The van der Waals surface area contributed by atoms with Crippen molar-refractivity contribution in [2.45, 2.75) is 20.3 Å². The van der Waals surface area contributed by atoms with Crippen LogP contribution in [0.3, 0.4) is 0 Å². The zero-order valence-corrected chi connectivity index (χ0v) is 6.80. The third-order valence-corrected chi connectivity index (χ3v) is 1.12. The van der Waals surface area contributed by atoms with Crippen LogP contribution in [0.1, 0.15) is 20.3 Å². The van der Waals surface area contributed by atoms with Crippen molar-refractivity contribution in [3.8, 4) is 0 Å². The van der Waals surface area contributed by atoms with Crippen molar-refractivity contribution in [1.82, 2.24) is 0 Å². The molecular weight excluding hydrogens is 122 g/mol. The lowest BCUT2D eigenvalue weighted by molar-refractivity contribution is 0.937. The summed E-state index contributed by atoms with van der Waals surface area (Å²) in [6, 6.07) is 0. The summed E-state index contributed by atoms with van der Waals surface area (Å²) in [5.41, 5.74) is 1.15. The van der Waals surface area contributed by atoms with E-state index >= 15 is 0 Å². The Morgan fingerprint density at radius 3 is 2.80 bits per heavy atom. The van der Waals surface area contributed by atoms with E-state index < -0.39 is 0 Å². The van der Waals surface area contributed by atoms with Crippen LogP contribution in [0, 0.1) is 0 Å². The van der Waals surface area contributed by atoms with Crippen LogP contribution in [-0.4, -0.2) is 12.8 Å². The maximum absolute atomic E-state index is 4.13. The molecule has 0 bridgehead atoms. The number of hydrogen-bond donors (Lipinski definition) is 0. The lowest BCUT2D eigenvalue weighted by Gasteiger charge is -1.84. The van der Waals surface area contributed by atoms with Gasteiger partial charge in [-0.2, -0.15) is 0 Å². The van der Waals surface area contributed by atoms with E-state index in [0.717, 1.165) is 18.5 Å². The first-order valence-electron chi connectivity index (χ1n) is 3.60. The van der Waals surface area contributed by atoms with Crippen molar-refractivity contribution in [3.63, 3.8) is 0 Å². The average Bonchev–Trinajstić information content (AvgIpc) is 1.98. The normalized spacial score (nSPS) is 12.4. The summed E-state index contributed by atoms with van der Waals surface area (Å²) in [4.78, 5) is 4.13. The second-order valence-corrected chi connectivity index (χ2v) is 2.17. The van der Waals surface area contributed by atoms with Gasteiger partial charge in [-0.05, 0) is 19.4 Å². The molecule has 1 nitrogen and oxygen atoms in total. The fourth-order valence-electron chi connectivity index (χ4n) is 0.442. The summed E-state index contributed by atoms with van der Waals surface area (Å²) in [5.74, 6) is 0. The second-order valence-electron chi connectivity index (χ2n) is 2.17. The van der Waals surface area contributed by atoms with Crippen molar-refractivity contribution < 1.29 is 0 Å². The average molecular weight is 137 g/mol. The zero-order valence-electron chi connectivity index (χ0n) is 6.80. The summed E-state index contributed by atoms with van der Waals surface area (Å²) in [6.45, 7) is 8.66. The van der Waals surface area contributed by atoms with E-state index in [2.05, 4.69) is 18.5 Å². The Morgan fingerprint density at radius 2 is 2.30 bits per heavy atom. The number of rotatable bonds is 4. The van der Waals surface area contributed by atoms with Gasteiger partial charge in [-0.1, -0.05) is 25.2 Å². The van der Waals surface area contributed by atoms with Crippen LogP contribution in [0.15, 0.2) is 29.3 Å². The van der Waals surface area contributed by atoms with Gasteiger partial charge in [0.2, 0.25) is 0 Å². The molecule has 0 N–H and O–H groups in total. The summed E-state index contributed by atoms with van der Waals surface area (Å²) in [5, 5.41) is 0. The first-order chi connectivity index (χ1) is 4.81. The van der Waals surface area contributed by atoms with Gasteiger partial charge in [0, 0.05) is 12.8 Å². The number of nitrogens with zero attached hydrogens (tertiary/aromatic N) is 1. The molecule has 0 aliphatic rings. The monoisotopic (exact) mass is 137 g/mol. The van der Waals surface area contributed by atoms with Crippen LogP contribution in [-0.2, 0) is 0 Å². The Hall–Kier alpha value is -0.850. The van der Waals surface area contributed by atoms with Gasteiger partial charge in [0.25, 0.3) is 0 Å². The molecule has 0 unspecified atom stereocenters. The highest BCUT2D eigenvalue weighted by Crippen LogP contribution is 1.89. The Labute approximate surface area is 63.2 Å². The summed E-state index contributed by atoms with van der Waals surface area (Å²) in [7, 11) is 0. The van der Waals surface area contributed by atoms with Crippen molar-refractivity contribution in [2.24, 2.45) is 4.99 Å².